The van der Waals surface area contributed by atoms with Gasteiger partial charge in [0.05, 0.1) is 17.2 Å². The molecule has 1 saturated carbocycles. The van der Waals surface area contributed by atoms with E-state index in [1.165, 1.54) is 6.42 Å². The van der Waals surface area contributed by atoms with Crippen molar-refractivity contribution in [2.45, 2.75) is 57.9 Å². The number of carbonyl (C=O) groups is 1. The van der Waals surface area contributed by atoms with Crippen LogP contribution in [0.15, 0.2) is 45.4 Å². The predicted octanol–water partition coefficient (Wildman–Crippen LogP) is 5.78. The predicted molar refractivity (Wildman–Crippen MR) is 155 cm³/mol. The van der Waals surface area contributed by atoms with Gasteiger partial charge < -0.3 is 19.1 Å². The molecule has 2 aromatic heterocycles. The van der Waals surface area contributed by atoms with Crippen LogP contribution in [-0.4, -0.2) is 64.8 Å². The highest BCUT2D eigenvalue weighted by Crippen LogP contribution is 2.41. The molecule has 9 heteroatoms. The first kappa shape index (κ1) is 25.1. The average molecular weight is 592 g/mol. The third-order valence-corrected chi connectivity index (χ3v) is 9.86. The van der Waals surface area contributed by atoms with Gasteiger partial charge in [-0.2, -0.15) is 0 Å². The van der Waals surface area contributed by atoms with Crippen molar-refractivity contribution in [1.29, 1.82) is 0 Å². The van der Waals surface area contributed by atoms with Crippen molar-refractivity contribution < 1.29 is 9.21 Å². The van der Waals surface area contributed by atoms with E-state index in [4.69, 9.17) is 4.42 Å². The summed E-state index contributed by atoms with van der Waals surface area (Å²) in [5, 5.41) is 8.89. The number of aromatic nitrogens is 3. The molecule has 0 spiro atoms. The second kappa shape index (κ2) is 9.91. The molecule has 2 saturated heterocycles. The largest absolute Gasteiger partial charge is 0.416 e. The standard InChI is InChI=1S/C30H35BrN6O2/c1-30-10-14-35(15-11-30)25-17-22(31)7-8-24(25)28-34-33-27(39-28)20-9-12-32-26(16-20)36-13-3-4-21(18-36)29(38)37(19-30)23-5-2-6-23/h7-9,12,16-17,21,23H,2-6,10-11,13-15,18-19H2,1H3. The maximum Gasteiger partial charge on any atom is 0.250 e. The number of benzene rings is 1. The molecule has 8 rings (SSSR count). The summed E-state index contributed by atoms with van der Waals surface area (Å²) >= 11 is 3.68. The molecule has 1 aromatic carbocycles. The van der Waals surface area contributed by atoms with E-state index in [0.717, 1.165) is 91.8 Å². The van der Waals surface area contributed by atoms with Crippen LogP contribution >= 0.6 is 15.9 Å². The molecule has 39 heavy (non-hydrogen) atoms. The minimum absolute atomic E-state index is 0.00612. The molecule has 1 amide bonds. The fourth-order valence-corrected chi connectivity index (χ4v) is 7.03. The molecule has 8 bridgehead atoms. The Bertz CT molecular complexity index is 1380. The summed E-state index contributed by atoms with van der Waals surface area (Å²) in [4.78, 5) is 25.8. The Labute approximate surface area is 237 Å². The van der Waals surface area contributed by atoms with E-state index in [9.17, 15) is 4.79 Å². The van der Waals surface area contributed by atoms with Gasteiger partial charge in [0.25, 0.3) is 0 Å². The topological polar surface area (TPSA) is 78.6 Å². The van der Waals surface area contributed by atoms with Gasteiger partial charge in [-0.05, 0) is 80.7 Å². The van der Waals surface area contributed by atoms with Crippen molar-refractivity contribution in [3.63, 3.8) is 0 Å². The van der Waals surface area contributed by atoms with Crippen LogP contribution < -0.4 is 9.80 Å². The maximum atomic E-state index is 14.1. The quantitative estimate of drug-likeness (QED) is 0.355. The van der Waals surface area contributed by atoms with Gasteiger partial charge in [0, 0.05) is 55.0 Å². The van der Waals surface area contributed by atoms with Gasteiger partial charge in [0.2, 0.25) is 17.7 Å². The van der Waals surface area contributed by atoms with Gasteiger partial charge in [-0.25, -0.2) is 4.98 Å². The normalized spacial score (nSPS) is 25.6. The molecule has 3 aromatic rings. The lowest BCUT2D eigenvalue weighted by molar-refractivity contribution is -0.142. The number of rotatable bonds is 1. The summed E-state index contributed by atoms with van der Waals surface area (Å²) in [6.45, 7) is 6.70. The van der Waals surface area contributed by atoms with Crippen molar-refractivity contribution in [2.24, 2.45) is 11.3 Å². The first-order valence-corrected chi connectivity index (χ1v) is 15.2. The van der Waals surface area contributed by atoms with Gasteiger partial charge in [0.15, 0.2) is 0 Å². The second-order valence-corrected chi connectivity index (χ2v) is 13.0. The molecule has 1 aliphatic carbocycles. The van der Waals surface area contributed by atoms with Gasteiger partial charge in [0.1, 0.15) is 5.82 Å². The number of carbonyl (C=O) groups excluding carboxylic acids is 1. The van der Waals surface area contributed by atoms with Crippen LogP contribution in [0, 0.1) is 11.3 Å². The Morgan fingerprint density at radius 2 is 1.79 bits per heavy atom. The van der Waals surface area contributed by atoms with Crippen molar-refractivity contribution >= 4 is 33.3 Å². The van der Waals surface area contributed by atoms with Crippen LogP contribution in [0.2, 0.25) is 0 Å². The van der Waals surface area contributed by atoms with Crippen LogP contribution in [0.1, 0.15) is 51.9 Å². The Hall–Kier alpha value is -2.94. The monoisotopic (exact) mass is 590 g/mol. The highest BCUT2D eigenvalue weighted by molar-refractivity contribution is 9.10. The molecular weight excluding hydrogens is 556 g/mol. The van der Waals surface area contributed by atoms with E-state index in [0.29, 0.717) is 30.3 Å². The zero-order chi connectivity index (χ0) is 26.6. The van der Waals surface area contributed by atoms with E-state index in [-0.39, 0.29) is 11.3 Å². The fourth-order valence-electron chi connectivity index (χ4n) is 6.68. The first-order chi connectivity index (χ1) is 19.0. The first-order valence-electron chi connectivity index (χ1n) is 14.4. The van der Waals surface area contributed by atoms with Gasteiger partial charge in [-0.1, -0.05) is 22.9 Å². The number of piperidine rings is 2. The van der Waals surface area contributed by atoms with Crippen LogP contribution in [-0.2, 0) is 4.79 Å². The second-order valence-electron chi connectivity index (χ2n) is 12.1. The number of pyridine rings is 1. The van der Waals surface area contributed by atoms with Crippen LogP contribution in [0.4, 0.5) is 11.5 Å². The number of fused-ring (bicyclic) bond motifs is 4. The zero-order valence-corrected chi connectivity index (χ0v) is 24.1. The molecule has 4 aliphatic heterocycles. The lowest BCUT2D eigenvalue weighted by atomic mass is 9.77. The molecule has 3 fully saturated rings. The van der Waals surface area contributed by atoms with Crippen LogP contribution in [0.25, 0.3) is 22.9 Å². The zero-order valence-electron chi connectivity index (χ0n) is 22.5. The Morgan fingerprint density at radius 1 is 0.974 bits per heavy atom. The van der Waals surface area contributed by atoms with E-state index in [1.54, 1.807) is 6.20 Å². The summed E-state index contributed by atoms with van der Waals surface area (Å²) in [5.41, 5.74) is 2.99. The lowest BCUT2D eigenvalue weighted by Crippen LogP contribution is -2.55. The summed E-state index contributed by atoms with van der Waals surface area (Å²) in [5.74, 6) is 2.23. The van der Waals surface area contributed by atoms with Crippen LogP contribution in [0.5, 0.6) is 0 Å². The van der Waals surface area contributed by atoms with Crippen molar-refractivity contribution in [1.82, 2.24) is 20.1 Å². The maximum absolute atomic E-state index is 14.1. The molecule has 5 aliphatic rings. The molecule has 1 unspecified atom stereocenters. The molecule has 1 atom stereocenters. The van der Waals surface area contributed by atoms with E-state index in [2.05, 4.69) is 64.9 Å². The number of nitrogens with zero attached hydrogens (tertiary/aromatic N) is 6. The number of hydrogen-bond donors (Lipinski definition) is 0. The summed E-state index contributed by atoms with van der Waals surface area (Å²) in [6.07, 6.45) is 9.32. The SMILES string of the molecule is CC12CCN(CC1)c1cc(Br)ccc1-c1nnc(o1)-c1ccnc(c1)N1CCCC(C1)C(=O)N(C1CCC1)C2. The average Bonchev–Trinajstić information content (AvgIpc) is 3.42. The number of anilines is 2. The Balaban J connectivity index is 1.31. The summed E-state index contributed by atoms with van der Waals surface area (Å²) < 4.78 is 7.29. The van der Waals surface area contributed by atoms with E-state index in [1.807, 2.05) is 18.2 Å². The van der Waals surface area contributed by atoms with E-state index >= 15 is 0 Å². The Morgan fingerprint density at radius 3 is 2.59 bits per heavy atom. The Kier molecular flexibility index (Phi) is 6.37. The molecular formula is C30H35BrN6O2. The van der Waals surface area contributed by atoms with E-state index < -0.39 is 0 Å². The number of halogens is 1. The molecule has 0 radical (unpaired) electrons. The van der Waals surface area contributed by atoms with Gasteiger partial charge >= 0.3 is 0 Å². The summed E-state index contributed by atoms with van der Waals surface area (Å²) in [7, 11) is 0. The minimum atomic E-state index is 0.00612. The molecule has 8 nitrogen and oxygen atoms in total. The third kappa shape index (κ3) is 4.72. The summed E-state index contributed by atoms with van der Waals surface area (Å²) in [6, 6.07) is 10.6. The van der Waals surface area contributed by atoms with Gasteiger partial charge in [-0.3, -0.25) is 4.79 Å². The minimum Gasteiger partial charge on any atom is -0.416 e. The van der Waals surface area contributed by atoms with Crippen molar-refractivity contribution in [2.75, 3.05) is 42.5 Å². The van der Waals surface area contributed by atoms with Gasteiger partial charge in [-0.15, -0.1) is 10.2 Å². The van der Waals surface area contributed by atoms with Crippen molar-refractivity contribution in [3.05, 3.63) is 41.0 Å². The highest BCUT2D eigenvalue weighted by Gasteiger charge is 2.41. The molecule has 6 heterocycles. The third-order valence-electron chi connectivity index (χ3n) is 9.36. The molecule has 204 valence electrons. The molecule has 0 N–H and O–H groups in total. The van der Waals surface area contributed by atoms with Crippen LogP contribution in [0.3, 0.4) is 0 Å². The smallest absolute Gasteiger partial charge is 0.250 e. The van der Waals surface area contributed by atoms with Crippen molar-refractivity contribution in [3.8, 4) is 22.9 Å². The fraction of sp³-hybridized carbons (Fsp3) is 0.533. The number of hydrogen-bond acceptors (Lipinski definition) is 7. The lowest BCUT2D eigenvalue weighted by Gasteiger charge is -2.48. The number of amides is 1. The highest BCUT2D eigenvalue weighted by atomic mass is 79.9.